The van der Waals surface area contributed by atoms with Crippen molar-refractivity contribution in [2.75, 3.05) is 5.32 Å². The Kier molecular flexibility index (Phi) is 3.79. The minimum Gasteiger partial charge on any atom is -0.298 e. The zero-order valence-corrected chi connectivity index (χ0v) is 12.4. The third-order valence-corrected chi connectivity index (χ3v) is 3.97. The van der Waals surface area contributed by atoms with Crippen LogP contribution in [-0.2, 0) is 0 Å². The van der Waals surface area contributed by atoms with Gasteiger partial charge in [0, 0.05) is 10.9 Å². The maximum atomic E-state index is 12.5. The number of nitrogens with one attached hydrogen (secondary N) is 1. The quantitative estimate of drug-likeness (QED) is 0.779. The molecule has 0 saturated heterocycles. The van der Waals surface area contributed by atoms with Gasteiger partial charge in [0.1, 0.15) is 0 Å². The zero-order valence-electron chi connectivity index (χ0n) is 11.5. The highest BCUT2D eigenvalue weighted by Gasteiger charge is 2.13. The number of amides is 1. The highest BCUT2D eigenvalue weighted by molar-refractivity contribution is 7.13. The number of rotatable bonds is 3. The summed E-state index contributed by atoms with van der Waals surface area (Å²) >= 11 is 1.43. The molecule has 3 rings (SSSR count). The van der Waals surface area contributed by atoms with E-state index in [4.69, 9.17) is 0 Å². The van der Waals surface area contributed by atoms with E-state index < -0.39 is 0 Å². The molecule has 0 fully saturated rings. The zero-order chi connectivity index (χ0) is 14.7. The van der Waals surface area contributed by atoms with E-state index in [2.05, 4.69) is 10.3 Å². The first-order chi connectivity index (χ1) is 10.2. The second-order valence-corrected chi connectivity index (χ2v) is 5.52. The van der Waals surface area contributed by atoms with Gasteiger partial charge in [-0.3, -0.25) is 10.1 Å². The summed E-state index contributed by atoms with van der Waals surface area (Å²) in [6.07, 6.45) is 0. The molecule has 0 aliphatic heterocycles. The van der Waals surface area contributed by atoms with Gasteiger partial charge in [0.25, 0.3) is 5.91 Å². The molecule has 4 heteroatoms. The van der Waals surface area contributed by atoms with Crippen molar-refractivity contribution in [2.24, 2.45) is 0 Å². The molecule has 0 saturated carbocycles. The highest BCUT2D eigenvalue weighted by Crippen LogP contribution is 2.24. The Balaban J connectivity index is 1.93. The van der Waals surface area contributed by atoms with Crippen molar-refractivity contribution < 1.29 is 4.79 Å². The van der Waals surface area contributed by atoms with Crippen molar-refractivity contribution in [3.05, 3.63) is 71.2 Å². The molecule has 0 radical (unpaired) electrons. The molecule has 0 atom stereocenters. The Bertz CT molecular complexity index is 765. The largest absolute Gasteiger partial charge is 0.298 e. The van der Waals surface area contributed by atoms with Crippen LogP contribution in [0.5, 0.6) is 0 Å². The monoisotopic (exact) mass is 294 g/mol. The van der Waals surface area contributed by atoms with Crippen molar-refractivity contribution in [2.45, 2.75) is 6.92 Å². The molecule has 3 nitrogen and oxygen atoms in total. The fourth-order valence-electron chi connectivity index (χ4n) is 2.13. The third-order valence-electron chi connectivity index (χ3n) is 3.10. The first-order valence-corrected chi connectivity index (χ1v) is 7.50. The standard InChI is InChI=1S/C17H14N2OS/c1-12-11-21-17(18-12)19-16(20)15-10-6-5-9-14(15)13-7-3-2-4-8-13/h2-11H,1H3,(H,18,19,20). The molecule has 3 aromatic rings. The molecule has 2 aromatic carbocycles. The van der Waals surface area contributed by atoms with Gasteiger partial charge in [-0.25, -0.2) is 4.98 Å². The summed E-state index contributed by atoms with van der Waals surface area (Å²) in [6.45, 7) is 1.91. The van der Waals surface area contributed by atoms with E-state index in [0.717, 1.165) is 16.8 Å². The van der Waals surface area contributed by atoms with Gasteiger partial charge in [-0.15, -0.1) is 11.3 Å². The molecule has 1 amide bonds. The van der Waals surface area contributed by atoms with Crippen LogP contribution in [-0.4, -0.2) is 10.9 Å². The number of hydrogen-bond acceptors (Lipinski definition) is 3. The molecule has 104 valence electrons. The highest BCUT2D eigenvalue weighted by atomic mass is 32.1. The van der Waals surface area contributed by atoms with Gasteiger partial charge in [-0.2, -0.15) is 0 Å². The van der Waals surface area contributed by atoms with Crippen LogP contribution >= 0.6 is 11.3 Å². The summed E-state index contributed by atoms with van der Waals surface area (Å²) in [7, 11) is 0. The van der Waals surface area contributed by atoms with Crippen LogP contribution in [0.1, 0.15) is 16.1 Å². The summed E-state index contributed by atoms with van der Waals surface area (Å²) in [5.74, 6) is -0.135. The molecular formula is C17H14N2OS. The van der Waals surface area contributed by atoms with E-state index in [9.17, 15) is 4.79 Å². The van der Waals surface area contributed by atoms with Crippen LogP contribution in [0.3, 0.4) is 0 Å². The molecule has 0 aliphatic carbocycles. The van der Waals surface area contributed by atoms with Crippen LogP contribution < -0.4 is 5.32 Å². The molecule has 0 aliphatic rings. The predicted octanol–water partition coefficient (Wildman–Crippen LogP) is 4.37. The molecular weight excluding hydrogens is 280 g/mol. The Morgan fingerprint density at radius 1 is 1.05 bits per heavy atom. The lowest BCUT2D eigenvalue weighted by Crippen LogP contribution is -2.12. The van der Waals surface area contributed by atoms with Crippen LogP contribution in [0.4, 0.5) is 5.13 Å². The van der Waals surface area contributed by atoms with E-state index in [1.54, 1.807) is 0 Å². The maximum Gasteiger partial charge on any atom is 0.258 e. The normalized spacial score (nSPS) is 10.3. The van der Waals surface area contributed by atoms with Gasteiger partial charge < -0.3 is 0 Å². The van der Waals surface area contributed by atoms with Crippen molar-refractivity contribution >= 4 is 22.4 Å². The van der Waals surface area contributed by atoms with Crippen LogP contribution in [0.2, 0.25) is 0 Å². The van der Waals surface area contributed by atoms with Gasteiger partial charge >= 0.3 is 0 Å². The summed E-state index contributed by atoms with van der Waals surface area (Å²) in [4.78, 5) is 16.7. The number of benzene rings is 2. The van der Waals surface area contributed by atoms with E-state index in [1.807, 2.05) is 66.9 Å². The van der Waals surface area contributed by atoms with Crippen LogP contribution in [0.15, 0.2) is 60.0 Å². The lowest BCUT2D eigenvalue weighted by atomic mass is 9.99. The van der Waals surface area contributed by atoms with Gasteiger partial charge in [-0.1, -0.05) is 48.5 Å². The lowest BCUT2D eigenvalue weighted by Gasteiger charge is -2.09. The molecule has 1 aromatic heterocycles. The smallest absolute Gasteiger partial charge is 0.258 e. The van der Waals surface area contributed by atoms with Crippen molar-refractivity contribution in [3.63, 3.8) is 0 Å². The van der Waals surface area contributed by atoms with Crippen LogP contribution in [0, 0.1) is 6.92 Å². The number of hydrogen-bond donors (Lipinski definition) is 1. The Morgan fingerprint density at radius 3 is 2.48 bits per heavy atom. The number of nitrogens with zero attached hydrogens (tertiary/aromatic N) is 1. The van der Waals surface area contributed by atoms with E-state index in [0.29, 0.717) is 10.7 Å². The number of aromatic nitrogens is 1. The number of carbonyl (C=O) groups is 1. The topological polar surface area (TPSA) is 42.0 Å². The Labute approximate surface area is 127 Å². The number of aryl methyl sites for hydroxylation is 1. The first kappa shape index (κ1) is 13.5. The lowest BCUT2D eigenvalue weighted by molar-refractivity contribution is 0.102. The van der Waals surface area contributed by atoms with Crippen molar-refractivity contribution in [1.82, 2.24) is 4.98 Å². The molecule has 0 unspecified atom stereocenters. The number of anilines is 1. The molecule has 21 heavy (non-hydrogen) atoms. The minimum absolute atomic E-state index is 0.135. The minimum atomic E-state index is -0.135. The van der Waals surface area contributed by atoms with Gasteiger partial charge in [0.05, 0.1) is 5.69 Å². The Morgan fingerprint density at radius 2 is 1.76 bits per heavy atom. The average Bonchev–Trinajstić information content (AvgIpc) is 2.93. The van der Waals surface area contributed by atoms with E-state index >= 15 is 0 Å². The molecule has 0 bridgehead atoms. The maximum absolute atomic E-state index is 12.5. The molecule has 0 spiro atoms. The van der Waals surface area contributed by atoms with Gasteiger partial charge in [-0.05, 0) is 24.1 Å². The second-order valence-electron chi connectivity index (χ2n) is 4.66. The summed E-state index contributed by atoms with van der Waals surface area (Å²) in [5, 5.41) is 5.40. The van der Waals surface area contributed by atoms with Gasteiger partial charge in [0.15, 0.2) is 5.13 Å². The SMILES string of the molecule is Cc1csc(NC(=O)c2ccccc2-c2ccccc2)n1. The van der Waals surface area contributed by atoms with Gasteiger partial charge in [0.2, 0.25) is 0 Å². The fourth-order valence-corrected chi connectivity index (χ4v) is 2.81. The van der Waals surface area contributed by atoms with Crippen LogP contribution in [0.25, 0.3) is 11.1 Å². The van der Waals surface area contributed by atoms with E-state index in [-0.39, 0.29) is 5.91 Å². The fraction of sp³-hybridized carbons (Fsp3) is 0.0588. The summed E-state index contributed by atoms with van der Waals surface area (Å²) in [6, 6.07) is 17.5. The second kappa shape index (κ2) is 5.89. The predicted molar refractivity (Wildman–Crippen MR) is 86.7 cm³/mol. The average molecular weight is 294 g/mol. The van der Waals surface area contributed by atoms with E-state index in [1.165, 1.54) is 11.3 Å². The molecule has 1 N–H and O–H groups in total. The molecule has 1 heterocycles. The summed E-state index contributed by atoms with van der Waals surface area (Å²) in [5.41, 5.74) is 3.51. The third kappa shape index (κ3) is 3.01. The van der Waals surface area contributed by atoms with Crippen molar-refractivity contribution in [3.8, 4) is 11.1 Å². The first-order valence-electron chi connectivity index (χ1n) is 6.62. The number of thiazole rings is 1. The number of carbonyl (C=O) groups excluding carboxylic acids is 1. The summed E-state index contributed by atoms with van der Waals surface area (Å²) < 4.78 is 0. The van der Waals surface area contributed by atoms with Crippen molar-refractivity contribution in [1.29, 1.82) is 0 Å². The Hall–Kier alpha value is -2.46.